The third kappa shape index (κ3) is 7.95. The normalized spacial score (nSPS) is 10.3. The van der Waals surface area contributed by atoms with Gasteiger partial charge in [-0.2, -0.15) is 0 Å². The van der Waals surface area contributed by atoms with E-state index >= 15 is 0 Å². The summed E-state index contributed by atoms with van der Waals surface area (Å²) >= 11 is 0. The number of hydrogen-bond acceptors (Lipinski definition) is 9. The predicted octanol–water partition coefficient (Wildman–Crippen LogP) is 3.64. The van der Waals surface area contributed by atoms with Gasteiger partial charge in [0.05, 0.1) is 42.5 Å². The average molecular weight is 550 g/mol. The lowest BCUT2D eigenvalue weighted by atomic mass is 10.0. The van der Waals surface area contributed by atoms with Crippen molar-refractivity contribution in [3.8, 4) is 11.5 Å². The van der Waals surface area contributed by atoms with Crippen molar-refractivity contribution in [1.82, 2.24) is 0 Å². The number of methoxy groups -OCH3 is 1. The molecule has 13 heteroatoms. The molecule has 0 saturated carbocycles. The molecule has 0 radical (unpaired) electrons. The Morgan fingerprint density at radius 3 is 1.95 bits per heavy atom. The number of carbonyl (C=O) groups excluding carboxylic acids is 3. The summed E-state index contributed by atoms with van der Waals surface area (Å²) < 4.78 is 10.5. The number of amides is 1. The van der Waals surface area contributed by atoms with Gasteiger partial charge >= 0.3 is 17.9 Å². The molecule has 0 fully saturated rings. The number of hydrogen-bond donors (Lipinski definition) is 3. The Hall–Kier alpha value is -5.59. The number of nitro benzene ring substituents is 1. The van der Waals surface area contributed by atoms with E-state index in [9.17, 15) is 34.1 Å². The molecule has 3 aromatic carbocycles. The minimum absolute atomic E-state index is 0.00228. The largest absolute Gasteiger partial charge is 0.481 e. The Bertz CT molecular complexity index is 1460. The van der Waals surface area contributed by atoms with Crippen LogP contribution in [0, 0.1) is 10.1 Å². The van der Waals surface area contributed by atoms with Gasteiger partial charge in [0.25, 0.3) is 5.69 Å². The van der Waals surface area contributed by atoms with E-state index in [1.54, 1.807) is 0 Å². The molecule has 206 valence electrons. The first kappa shape index (κ1) is 29.0. The van der Waals surface area contributed by atoms with Gasteiger partial charge in [-0.05, 0) is 53.6 Å². The first-order valence-electron chi connectivity index (χ1n) is 11.5. The molecule has 0 bridgehead atoms. The Morgan fingerprint density at radius 2 is 1.43 bits per heavy atom. The number of nitrogens with one attached hydrogen (secondary N) is 1. The fourth-order valence-corrected chi connectivity index (χ4v) is 3.64. The lowest BCUT2D eigenvalue weighted by Gasteiger charge is -2.15. The van der Waals surface area contributed by atoms with Crippen LogP contribution in [0.4, 0.5) is 11.4 Å². The number of aliphatic carboxylic acids is 2. The van der Waals surface area contributed by atoms with Crippen LogP contribution >= 0.6 is 0 Å². The quantitative estimate of drug-likeness (QED) is 0.0977. The van der Waals surface area contributed by atoms with Gasteiger partial charge in [0, 0.05) is 17.7 Å². The third-order valence-corrected chi connectivity index (χ3v) is 5.36. The molecule has 0 saturated heterocycles. The van der Waals surface area contributed by atoms with Gasteiger partial charge in [0.1, 0.15) is 5.75 Å². The van der Waals surface area contributed by atoms with E-state index in [1.807, 2.05) is 0 Å². The molecule has 0 spiro atoms. The van der Waals surface area contributed by atoms with Crippen LogP contribution < -0.4 is 10.1 Å². The Labute approximate surface area is 226 Å². The van der Waals surface area contributed by atoms with E-state index in [2.05, 4.69) is 5.32 Å². The van der Waals surface area contributed by atoms with Crippen molar-refractivity contribution in [2.45, 2.75) is 19.3 Å². The number of nitro groups is 1. The number of nitrogens with zero attached hydrogens (tertiary/aromatic N) is 1. The summed E-state index contributed by atoms with van der Waals surface area (Å²) in [7, 11) is 1.16. The van der Waals surface area contributed by atoms with E-state index in [0.717, 1.165) is 19.2 Å². The highest BCUT2D eigenvalue weighted by Crippen LogP contribution is 2.32. The van der Waals surface area contributed by atoms with Crippen molar-refractivity contribution in [3.63, 3.8) is 0 Å². The molecular formula is C27H22N2O11. The SMILES string of the molecule is COC(=O)c1ccc(Oc2cc(CC(=O)O)cc(CC(=O)O)c2)c(NC(=O)CC(=O)c2ccc([N+](=O)[O-])cc2)c1. The van der Waals surface area contributed by atoms with Crippen LogP contribution in [-0.2, 0) is 32.0 Å². The minimum atomic E-state index is -1.15. The first-order chi connectivity index (χ1) is 18.9. The fourth-order valence-electron chi connectivity index (χ4n) is 3.64. The molecule has 0 aliphatic carbocycles. The highest BCUT2D eigenvalue weighted by Gasteiger charge is 2.18. The second kappa shape index (κ2) is 12.8. The molecule has 0 aromatic heterocycles. The summed E-state index contributed by atoms with van der Waals surface area (Å²) in [5.41, 5.74) is 0.396. The molecule has 0 heterocycles. The number of esters is 1. The number of ketones is 1. The fraction of sp³-hybridized carbons (Fsp3) is 0.148. The molecule has 0 aliphatic heterocycles. The second-order valence-corrected chi connectivity index (χ2v) is 8.38. The molecule has 3 rings (SSSR count). The number of benzene rings is 3. The zero-order valence-electron chi connectivity index (χ0n) is 20.9. The minimum Gasteiger partial charge on any atom is -0.481 e. The van der Waals surface area contributed by atoms with Crippen molar-refractivity contribution in [3.05, 3.63) is 93.0 Å². The van der Waals surface area contributed by atoms with Gasteiger partial charge in [-0.3, -0.25) is 29.3 Å². The number of anilines is 1. The maximum atomic E-state index is 12.7. The highest BCUT2D eigenvalue weighted by atomic mass is 16.6. The predicted molar refractivity (Wildman–Crippen MR) is 138 cm³/mol. The number of ether oxygens (including phenoxy) is 2. The molecule has 0 atom stereocenters. The highest BCUT2D eigenvalue weighted by molar-refractivity contribution is 6.11. The van der Waals surface area contributed by atoms with Crippen LogP contribution in [0.25, 0.3) is 0 Å². The Morgan fingerprint density at radius 1 is 0.850 bits per heavy atom. The number of carboxylic acids is 2. The molecule has 0 aliphatic rings. The van der Waals surface area contributed by atoms with E-state index < -0.39 is 53.8 Å². The van der Waals surface area contributed by atoms with Crippen molar-refractivity contribution in [2.75, 3.05) is 12.4 Å². The first-order valence-corrected chi connectivity index (χ1v) is 11.5. The standard InChI is InChI=1S/C27H22N2O11/c1-39-27(36)18-4-7-23(40-20-9-15(11-25(32)33)8-16(10-20)12-26(34)35)21(13-18)28-24(31)14-22(30)17-2-5-19(6-3-17)29(37)38/h2-10,13H,11-12,14H2,1H3,(H,28,31)(H,32,33)(H,34,35). The number of Topliss-reactive ketones (excluding diaryl/α,β-unsaturated/α-hetero) is 1. The van der Waals surface area contributed by atoms with Gasteiger partial charge in [0.15, 0.2) is 11.5 Å². The zero-order chi connectivity index (χ0) is 29.4. The van der Waals surface area contributed by atoms with Crippen LogP contribution in [0.2, 0.25) is 0 Å². The summed E-state index contributed by atoms with van der Waals surface area (Å²) in [4.78, 5) is 69.9. The van der Waals surface area contributed by atoms with E-state index in [-0.39, 0.29) is 45.1 Å². The van der Waals surface area contributed by atoms with Crippen LogP contribution in [0.3, 0.4) is 0 Å². The summed E-state index contributed by atoms with van der Waals surface area (Å²) in [6, 6.07) is 12.8. The van der Waals surface area contributed by atoms with Crippen molar-refractivity contribution >= 4 is 41.0 Å². The summed E-state index contributed by atoms with van der Waals surface area (Å²) in [5.74, 6) is -4.37. The van der Waals surface area contributed by atoms with Gasteiger partial charge < -0.3 is 25.0 Å². The van der Waals surface area contributed by atoms with Crippen molar-refractivity contribution in [1.29, 1.82) is 0 Å². The van der Waals surface area contributed by atoms with Crippen LogP contribution in [0.5, 0.6) is 11.5 Å². The lowest BCUT2D eigenvalue weighted by molar-refractivity contribution is -0.384. The Kier molecular flexibility index (Phi) is 9.25. The van der Waals surface area contributed by atoms with Crippen LogP contribution in [-0.4, -0.2) is 51.8 Å². The number of rotatable bonds is 12. The maximum absolute atomic E-state index is 12.7. The smallest absolute Gasteiger partial charge is 0.337 e. The van der Waals surface area contributed by atoms with E-state index in [1.165, 1.54) is 48.5 Å². The molecule has 13 nitrogen and oxygen atoms in total. The van der Waals surface area contributed by atoms with Crippen molar-refractivity contribution < 1.29 is 48.6 Å². The summed E-state index contributed by atoms with van der Waals surface area (Å²) in [6.07, 6.45) is -1.45. The topological polar surface area (TPSA) is 199 Å². The van der Waals surface area contributed by atoms with Crippen LogP contribution in [0.1, 0.15) is 38.3 Å². The van der Waals surface area contributed by atoms with E-state index in [4.69, 9.17) is 19.7 Å². The van der Waals surface area contributed by atoms with Gasteiger partial charge in [0.2, 0.25) is 5.91 Å². The molecular weight excluding hydrogens is 528 g/mol. The summed E-state index contributed by atoms with van der Waals surface area (Å²) in [6.45, 7) is 0. The summed E-state index contributed by atoms with van der Waals surface area (Å²) in [5, 5.41) is 31.6. The molecule has 3 aromatic rings. The monoisotopic (exact) mass is 550 g/mol. The third-order valence-electron chi connectivity index (χ3n) is 5.36. The van der Waals surface area contributed by atoms with Crippen molar-refractivity contribution in [2.24, 2.45) is 0 Å². The lowest BCUT2D eigenvalue weighted by Crippen LogP contribution is -2.17. The maximum Gasteiger partial charge on any atom is 0.337 e. The Balaban J connectivity index is 1.89. The average Bonchev–Trinajstić information content (AvgIpc) is 2.88. The molecule has 40 heavy (non-hydrogen) atoms. The van der Waals surface area contributed by atoms with Gasteiger partial charge in [-0.25, -0.2) is 4.79 Å². The second-order valence-electron chi connectivity index (χ2n) is 8.38. The molecule has 0 unspecified atom stereocenters. The molecule has 1 amide bonds. The number of carbonyl (C=O) groups is 5. The van der Waals surface area contributed by atoms with E-state index in [0.29, 0.717) is 0 Å². The number of carboxylic acid groups (broad SMARTS) is 2. The molecule has 3 N–H and O–H groups in total. The van der Waals surface area contributed by atoms with Gasteiger partial charge in [-0.1, -0.05) is 6.07 Å². The number of non-ortho nitro benzene ring substituents is 1. The zero-order valence-corrected chi connectivity index (χ0v) is 20.9. The van der Waals surface area contributed by atoms with Gasteiger partial charge in [-0.15, -0.1) is 0 Å². The van der Waals surface area contributed by atoms with Crippen LogP contribution in [0.15, 0.2) is 60.7 Å².